The van der Waals surface area contributed by atoms with E-state index in [0.717, 1.165) is 23.3 Å². The van der Waals surface area contributed by atoms with Crippen molar-refractivity contribution in [3.8, 4) is 0 Å². The minimum atomic E-state index is -2.12. The van der Waals surface area contributed by atoms with Gasteiger partial charge >= 0.3 is 0 Å². The first kappa shape index (κ1) is 26.8. The van der Waals surface area contributed by atoms with Gasteiger partial charge in [-0.2, -0.15) is 0 Å². The van der Waals surface area contributed by atoms with E-state index in [2.05, 4.69) is 5.32 Å². The van der Waals surface area contributed by atoms with Gasteiger partial charge in [-0.05, 0) is 41.3 Å². The first-order valence-corrected chi connectivity index (χ1v) is 12.0. The maximum atomic E-state index is 13.8. The van der Waals surface area contributed by atoms with Gasteiger partial charge in [-0.3, -0.25) is 19.3 Å². The molecule has 196 valence electrons. The van der Waals surface area contributed by atoms with Crippen LogP contribution in [0.25, 0.3) is 5.57 Å². The Kier molecular flexibility index (Phi) is 8.09. The Morgan fingerprint density at radius 1 is 0.974 bits per heavy atom. The van der Waals surface area contributed by atoms with Crippen LogP contribution in [0, 0.1) is 11.6 Å². The van der Waals surface area contributed by atoms with Crippen molar-refractivity contribution < 1.29 is 28.3 Å². The Balaban J connectivity index is 1.78. The number of aliphatic hydroxyl groups is 1. The van der Waals surface area contributed by atoms with Crippen molar-refractivity contribution in [2.75, 3.05) is 0 Å². The molecule has 0 fully saturated rings. The minimum absolute atomic E-state index is 0.0758. The summed E-state index contributed by atoms with van der Waals surface area (Å²) in [6.45, 7) is 1.34. The molecule has 1 heterocycles. The lowest BCUT2D eigenvalue weighted by Gasteiger charge is -2.32. The lowest BCUT2D eigenvalue weighted by molar-refractivity contribution is -0.157. The van der Waals surface area contributed by atoms with Gasteiger partial charge in [0, 0.05) is 12.5 Å². The molecule has 0 aromatic heterocycles. The molecule has 0 unspecified atom stereocenters. The van der Waals surface area contributed by atoms with E-state index in [1.807, 2.05) is 66.7 Å². The zero-order valence-electron chi connectivity index (χ0n) is 20.6. The molecule has 7 nitrogen and oxygen atoms in total. The van der Waals surface area contributed by atoms with Crippen molar-refractivity contribution in [3.05, 3.63) is 113 Å². The molecule has 0 aliphatic carbocycles. The molecule has 4 atom stereocenters. The second-order valence-electron chi connectivity index (χ2n) is 9.12. The van der Waals surface area contributed by atoms with Crippen LogP contribution >= 0.6 is 0 Å². The summed E-state index contributed by atoms with van der Waals surface area (Å²) >= 11 is 0. The highest BCUT2D eigenvalue weighted by molar-refractivity contribution is 6.04. The van der Waals surface area contributed by atoms with Crippen LogP contribution in [0.2, 0.25) is 0 Å². The van der Waals surface area contributed by atoms with Gasteiger partial charge in [-0.25, -0.2) is 8.78 Å². The number of benzene rings is 3. The number of carbonyl (C=O) groups excluding carboxylic acids is 3. The highest BCUT2D eigenvalue weighted by Crippen LogP contribution is 2.31. The van der Waals surface area contributed by atoms with Crippen LogP contribution in [0.5, 0.6) is 0 Å². The Morgan fingerprint density at radius 3 is 2.13 bits per heavy atom. The number of hydrogen-bond donors (Lipinski definition) is 3. The van der Waals surface area contributed by atoms with E-state index in [9.17, 15) is 28.3 Å². The average Bonchev–Trinajstić information content (AvgIpc) is 3.07. The van der Waals surface area contributed by atoms with Crippen molar-refractivity contribution in [2.45, 2.75) is 37.6 Å². The largest absolute Gasteiger partial charge is 0.378 e. The van der Waals surface area contributed by atoms with Crippen molar-refractivity contribution >= 4 is 23.3 Å². The van der Waals surface area contributed by atoms with E-state index >= 15 is 0 Å². The molecular formula is C29H27F2N3O4. The molecular weight excluding hydrogens is 492 g/mol. The SMILES string of the molecule is C[C@H](N)C(=O)N(C(=O)[C@@H](O)c1cc(F)cc(F)c1)[C@H]1CC(c2ccccc2)=C[C@@H](c2ccccc2)NC1=O. The molecule has 0 bridgehead atoms. The van der Waals surface area contributed by atoms with Crippen LogP contribution in [0.4, 0.5) is 8.78 Å². The summed E-state index contributed by atoms with van der Waals surface area (Å²) in [5.41, 5.74) is 7.64. The topological polar surface area (TPSA) is 113 Å². The van der Waals surface area contributed by atoms with Crippen molar-refractivity contribution in [1.29, 1.82) is 0 Å². The molecule has 0 saturated carbocycles. The number of nitrogens with one attached hydrogen (secondary N) is 1. The molecule has 4 N–H and O–H groups in total. The molecule has 3 amide bonds. The normalized spacial score (nSPS) is 19.0. The number of nitrogens with zero attached hydrogens (tertiary/aromatic N) is 1. The van der Waals surface area contributed by atoms with Gasteiger partial charge in [-0.1, -0.05) is 66.7 Å². The van der Waals surface area contributed by atoms with Crippen molar-refractivity contribution in [3.63, 3.8) is 0 Å². The standard InChI is InChI=1S/C29H27F2N3O4/c1-17(32)28(37)34(29(38)26(35)21-12-22(30)16-23(31)13-21)25-15-20(18-8-4-2-5-9-18)14-24(33-27(25)36)19-10-6-3-7-11-19/h2-14,16-17,24-26,35H,15,32H2,1H3,(H,33,36)/t17-,24-,25-,26-/m0/s1. The molecule has 3 aromatic rings. The minimum Gasteiger partial charge on any atom is -0.378 e. The fourth-order valence-electron chi connectivity index (χ4n) is 4.42. The molecule has 1 aliphatic heterocycles. The second kappa shape index (κ2) is 11.5. The number of rotatable bonds is 6. The lowest BCUT2D eigenvalue weighted by Crippen LogP contribution is -2.56. The fourth-order valence-corrected chi connectivity index (χ4v) is 4.42. The Morgan fingerprint density at radius 2 is 1.55 bits per heavy atom. The number of aliphatic hydroxyl groups excluding tert-OH is 1. The Hall–Kier alpha value is -4.21. The lowest BCUT2D eigenvalue weighted by atomic mass is 9.95. The predicted molar refractivity (Wildman–Crippen MR) is 137 cm³/mol. The Bertz CT molecular complexity index is 1340. The first-order valence-electron chi connectivity index (χ1n) is 12.0. The quantitative estimate of drug-likeness (QED) is 0.462. The van der Waals surface area contributed by atoms with E-state index in [0.29, 0.717) is 16.5 Å². The fraction of sp³-hybridized carbons (Fsp3) is 0.207. The van der Waals surface area contributed by atoms with Crippen LogP contribution in [-0.2, 0) is 14.4 Å². The number of imide groups is 1. The molecule has 38 heavy (non-hydrogen) atoms. The number of hydrogen-bond acceptors (Lipinski definition) is 5. The predicted octanol–water partition coefficient (Wildman–Crippen LogP) is 3.41. The molecule has 1 aliphatic rings. The second-order valence-corrected chi connectivity index (χ2v) is 9.12. The van der Waals surface area contributed by atoms with Gasteiger partial charge < -0.3 is 16.2 Å². The van der Waals surface area contributed by atoms with Gasteiger partial charge in [-0.15, -0.1) is 0 Å². The first-order chi connectivity index (χ1) is 18.2. The third-order valence-electron chi connectivity index (χ3n) is 6.30. The molecule has 4 rings (SSSR count). The van der Waals surface area contributed by atoms with Crippen LogP contribution in [0.1, 0.15) is 42.2 Å². The summed E-state index contributed by atoms with van der Waals surface area (Å²) in [4.78, 5) is 40.9. The van der Waals surface area contributed by atoms with Gasteiger partial charge in [0.1, 0.15) is 17.7 Å². The summed E-state index contributed by atoms with van der Waals surface area (Å²) in [6.07, 6.45) is -0.346. The number of amides is 3. The van der Waals surface area contributed by atoms with E-state index in [1.54, 1.807) is 0 Å². The van der Waals surface area contributed by atoms with Gasteiger partial charge in [0.25, 0.3) is 5.91 Å². The molecule has 9 heteroatoms. The zero-order valence-corrected chi connectivity index (χ0v) is 20.6. The number of halogens is 2. The smallest absolute Gasteiger partial charge is 0.263 e. The monoisotopic (exact) mass is 519 g/mol. The van der Waals surface area contributed by atoms with Crippen molar-refractivity contribution in [1.82, 2.24) is 10.2 Å². The highest BCUT2D eigenvalue weighted by Gasteiger charge is 2.41. The average molecular weight is 520 g/mol. The van der Waals surface area contributed by atoms with Gasteiger partial charge in [0.15, 0.2) is 6.10 Å². The number of nitrogens with two attached hydrogens (primary N) is 1. The third kappa shape index (κ3) is 5.85. The Labute approximate surface area is 218 Å². The molecule has 0 radical (unpaired) electrons. The van der Waals surface area contributed by atoms with Crippen LogP contribution in [0.3, 0.4) is 0 Å². The molecule has 3 aromatic carbocycles. The molecule has 0 spiro atoms. The molecule has 0 saturated heterocycles. The van der Waals surface area contributed by atoms with E-state index in [4.69, 9.17) is 5.73 Å². The summed E-state index contributed by atoms with van der Waals surface area (Å²) < 4.78 is 27.6. The summed E-state index contributed by atoms with van der Waals surface area (Å²) in [7, 11) is 0. The van der Waals surface area contributed by atoms with Crippen LogP contribution < -0.4 is 11.1 Å². The third-order valence-corrected chi connectivity index (χ3v) is 6.30. The van der Waals surface area contributed by atoms with Crippen molar-refractivity contribution in [2.24, 2.45) is 5.73 Å². The summed E-state index contributed by atoms with van der Waals surface area (Å²) in [6, 6.07) is 17.3. The summed E-state index contributed by atoms with van der Waals surface area (Å²) in [5, 5.41) is 13.6. The maximum Gasteiger partial charge on any atom is 0.263 e. The van der Waals surface area contributed by atoms with Crippen LogP contribution in [-0.4, -0.2) is 39.8 Å². The number of carbonyl (C=O) groups is 3. The van der Waals surface area contributed by atoms with Gasteiger partial charge in [0.2, 0.25) is 11.8 Å². The van der Waals surface area contributed by atoms with E-state index in [1.165, 1.54) is 6.92 Å². The van der Waals surface area contributed by atoms with Crippen LogP contribution in [0.15, 0.2) is 84.9 Å². The summed E-state index contributed by atoms with van der Waals surface area (Å²) in [5.74, 6) is -4.81. The van der Waals surface area contributed by atoms with Gasteiger partial charge in [0.05, 0.1) is 12.1 Å². The maximum absolute atomic E-state index is 13.8. The highest BCUT2D eigenvalue weighted by atomic mass is 19.1. The van der Waals surface area contributed by atoms with E-state index in [-0.39, 0.29) is 6.42 Å². The van der Waals surface area contributed by atoms with E-state index < -0.39 is 59.1 Å². The zero-order chi connectivity index (χ0) is 27.4.